The predicted octanol–water partition coefficient (Wildman–Crippen LogP) is 4.00. The van der Waals surface area contributed by atoms with Crippen molar-refractivity contribution < 1.29 is 9.47 Å². The third-order valence-corrected chi connectivity index (χ3v) is 6.15. The van der Waals surface area contributed by atoms with E-state index in [-0.39, 0.29) is 6.79 Å². The van der Waals surface area contributed by atoms with Crippen molar-refractivity contribution in [2.45, 2.75) is 6.54 Å². The smallest absolute Gasteiger partial charge is 0.231 e. The second-order valence-electron chi connectivity index (χ2n) is 6.99. The lowest BCUT2D eigenvalue weighted by Gasteiger charge is -2.08. The maximum Gasteiger partial charge on any atom is 0.231 e. The quantitative estimate of drug-likeness (QED) is 0.432. The van der Waals surface area contributed by atoms with Crippen LogP contribution in [-0.4, -0.2) is 33.3 Å². The molecule has 4 aromatic rings. The van der Waals surface area contributed by atoms with Crippen LogP contribution in [0.1, 0.15) is 11.1 Å². The number of rotatable bonds is 5. The zero-order valence-corrected chi connectivity index (χ0v) is 17.1. The summed E-state index contributed by atoms with van der Waals surface area (Å²) < 4.78 is 11.7. The number of nitrogens with zero attached hydrogens (tertiary/aromatic N) is 4. The average Bonchev–Trinajstić information content (AvgIpc) is 3.43. The third-order valence-electron chi connectivity index (χ3n) is 4.99. The summed E-state index contributed by atoms with van der Waals surface area (Å²) in [5.41, 5.74) is 3.92. The minimum Gasteiger partial charge on any atom is -0.454 e. The molecule has 0 bridgehead atoms. The van der Waals surface area contributed by atoms with Gasteiger partial charge in [0.05, 0.1) is 33.3 Å². The summed E-state index contributed by atoms with van der Waals surface area (Å²) in [5.74, 6) is 2.72. The molecule has 0 saturated heterocycles. The van der Waals surface area contributed by atoms with E-state index in [0.29, 0.717) is 18.3 Å². The van der Waals surface area contributed by atoms with Crippen LogP contribution in [0.3, 0.4) is 0 Å². The van der Waals surface area contributed by atoms with Gasteiger partial charge in [0.25, 0.3) is 0 Å². The Morgan fingerprint density at radius 2 is 1.97 bits per heavy atom. The summed E-state index contributed by atoms with van der Waals surface area (Å²) >= 11 is 1.63. The van der Waals surface area contributed by atoms with Crippen molar-refractivity contribution in [3.05, 3.63) is 54.1 Å². The Kier molecular flexibility index (Phi) is 4.27. The maximum absolute atomic E-state index is 5.42. The van der Waals surface area contributed by atoms with E-state index in [1.807, 2.05) is 18.2 Å². The average molecular weight is 431 g/mol. The molecule has 3 aromatic heterocycles. The predicted molar refractivity (Wildman–Crippen MR) is 120 cm³/mol. The first kappa shape index (κ1) is 17.9. The van der Waals surface area contributed by atoms with Gasteiger partial charge in [-0.2, -0.15) is 0 Å². The van der Waals surface area contributed by atoms with Crippen LogP contribution < -0.4 is 25.4 Å². The molecule has 0 fully saturated rings. The zero-order chi connectivity index (χ0) is 20.6. The first-order chi connectivity index (χ1) is 15.3. The molecule has 0 aliphatic carbocycles. The highest BCUT2D eigenvalue weighted by molar-refractivity contribution is 7.23. The summed E-state index contributed by atoms with van der Waals surface area (Å²) in [6.45, 7) is 1.72. The number of ether oxygens (including phenoxy) is 2. The molecule has 2 aliphatic heterocycles. The molecule has 0 radical (unpaired) electrons. The van der Waals surface area contributed by atoms with Gasteiger partial charge >= 0.3 is 0 Å². The van der Waals surface area contributed by atoms with E-state index in [0.717, 1.165) is 50.1 Å². The van der Waals surface area contributed by atoms with E-state index in [4.69, 9.17) is 9.47 Å². The van der Waals surface area contributed by atoms with E-state index >= 15 is 0 Å². The van der Waals surface area contributed by atoms with Crippen molar-refractivity contribution in [2.75, 3.05) is 29.3 Å². The largest absolute Gasteiger partial charge is 0.454 e. The second-order valence-corrected chi connectivity index (χ2v) is 8.01. The monoisotopic (exact) mass is 431 g/mol. The molecule has 0 saturated carbocycles. The number of nitrogens with one attached hydrogen (secondary N) is 3. The molecule has 0 spiro atoms. The summed E-state index contributed by atoms with van der Waals surface area (Å²) in [7, 11) is 0. The zero-order valence-electron chi connectivity index (χ0n) is 16.3. The minimum absolute atomic E-state index is 0.272. The Morgan fingerprint density at radius 3 is 2.90 bits per heavy atom. The lowest BCUT2D eigenvalue weighted by molar-refractivity contribution is 0.174. The Labute approximate surface area is 181 Å². The fraction of sp³-hybridized carbons (Fsp3) is 0.143. The number of hydrogen-bond donors (Lipinski definition) is 3. The van der Waals surface area contributed by atoms with Crippen LogP contribution in [0.4, 0.5) is 22.5 Å². The van der Waals surface area contributed by atoms with Gasteiger partial charge in [-0.05, 0) is 17.7 Å². The standard InChI is InChI=1S/C21H17N7O2S/c1-2-14-17-18(31-20(14)22-5-1)19(27-10-26-17)28-21-24-8-13(9-25-21)23-7-12-3-4-15-16(6-12)30-11-29-15/h1-4,6,8-10,22-23H,5,7,11H2,(H,24,25,26,27,28). The third kappa shape index (κ3) is 3.36. The number of benzene rings is 1. The fourth-order valence-electron chi connectivity index (χ4n) is 3.48. The molecule has 154 valence electrons. The number of thiophene rings is 1. The molecule has 10 heteroatoms. The highest BCUT2D eigenvalue weighted by Crippen LogP contribution is 2.40. The van der Waals surface area contributed by atoms with Crippen LogP contribution in [0.5, 0.6) is 11.5 Å². The first-order valence-corrected chi connectivity index (χ1v) is 10.5. The summed E-state index contributed by atoms with van der Waals surface area (Å²) in [6.07, 6.45) is 9.22. The normalized spacial score (nSPS) is 13.7. The fourth-order valence-corrected chi connectivity index (χ4v) is 4.57. The molecule has 1 aromatic carbocycles. The van der Waals surface area contributed by atoms with Crippen molar-refractivity contribution in [1.82, 2.24) is 19.9 Å². The maximum atomic E-state index is 5.42. The molecule has 0 unspecified atom stereocenters. The molecular weight excluding hydrogens is 414 g/mol. The highest BCUT2D eigenvalue weighted by Gasteiger charge is 2.17. The topological polar surface area (TPSA) is 106 Å². The van der Waals surface area contributed by atoms with Crippen LogP contribution in [0.15, 0.2) is 43.0 Å². The van der Waals surface area contributed by atoms with Crippen molar-refractivity contribution in [3.63, 3.8) is 0 Å². The molecule has 5 heterocycles. The highest BCUT2D eigenvalue weighted by atomic mass is 32.1. The van der Waals surface area contributed by atoms with Gasteiger partial charge < -0.3 is 25.4 Å². The second kappa shape index (κ2) is 7.40. The summed E-state index contributed by atoms with van der Waals surface area (Å²) in [5, 5.41) is 11.0. The number of aromatic nitrogens is 4. The Balaban J connectivity index is 1.17. The van der Waals surface area contributed by atoms with E-state index in [1.165, 1.54) is 0 Å². The summed E-state index contributed by atoms with van der Waals surface area (Å²) in [4.78, 5) is 17.7. The number of hydrogen-bond acceptors (Lipinski definition) is 10. The van der Waals surface area contributed by atoms with E-state index in [1.54, 1.807) is 30.1 Å². The van der Waals surface area contributed by atoms with Crippen molar-refractivity contribution in [1.29, 1.82) is 0 Å². The van der Waals surface area contributed by atoms with Gasteiger partial charge in [-0.25, -0.2) is 19.9 Å². The molecule has 0 amide bonds. The molecule has 6 rings (SSSR count). The Morgan fingerprint density at radius 1 is 1.06 bits per heavy atom. The SMILES string of the molecule is C1=Cc2c(sc3c(Nc4ncc(NCc5ccc6c(c5)OCO6)cn4)ncnc23)NC1. The van der Waals surface area contributed by atoms with Crippen molar-refractivity contribution in [2.24, 2.45) is 0 Å². The van der Waals surface area contributed by atoms with Crippen LogP contribution in [0.25, 0.3) is 16.3 Å². The van der Waals surface area contributed by atoms with Gasteiger partial charge in [0, 0.05) is 18.7 Å². The van der Waals surface area contributed by atoms with Crippen LogP contribution >= 0.6 is 11.3 Å². The van der Waals surface area contributed by atoms with E-state index in [2.05, 4.69) is 48.0 Å². The number of fused-ring (bicyclic) bond motifs is 4. The van der Waals surface area contributed by atoms with E-state index < -0.39 is 0 Å². The van der Waals surface area contributed by atoms with Crippen LogP contribution in [-0.2, 0) is 6.54 Å². The van der Waals surface area contributed by atoms with Gasteiger partial charge in [0.2, 0.25) is 12.7 Å². The molecule has 9 nitrogen and oxygen atoms in total. The lowest BCUT2D eigenvalue weighted by Crippen LogP contribution is -2.03. The number of anilines is 4. The minimum atomic E-state index is 0.272. The van der Waals surface area contributed by atoms with Gasteiger partial charge in [0.15, 0.2) is 17.3 Å². The van der Waals surface area contributed by atoms with Crippen LogP contribution in [0, 0.1) is 0 Å². The van der Waals surface area contributed by atoms with Gasteiger partial charge in [-0.15, -0.1) is 11.3 Å². The van der Waals surface area contributed by atoms with Gasteiger partial charge in [-0.3, -0.25) is 0 Å². The Bertz CT molecular complexity index is 1300. The molecule has 3 N–H and O–H groups in total. The molecule has 2 aliphatic rings. The van der Waals surface area contributed by atoms with E-state index in [9.17, 15) is 0 Å². The molecular formula is C21H17N7O2S. The molecule has 31 heavy (non-hydrogen) atoms. The van der Waals surface area contributed by atoms with Crippen LogP contribution in [0.2, 0.25) is 0 Å². The van der Waals surface area contributed by atoms with Gasteiger partial charge in [0.1, 0.15) is 6.33 Å². The summed E-state index contributed by atoms with van der Waals surface area (Å²) in [6, 6.07) is 5.89. The van der Waals surface area contributed by atoms with Gasteiger partial charge in [-0.1, -0.05) is 18.2 Å². The first-order valence-electron chi connectivity index (χ1n) is 9.73. The van der Waals surface area contributed by atoms with Crippen molar-refractivity contribution in [3.8, 4) is 11.5 Å². The lowest BCUT2D eigenvalue weighted by atomic mass is 10.2. The molecule has 0 atom stereocenters. The Hall–Kier alpha value is -3.92. The van der Waals surface area contributed by atoms with Crippen molar-refractivity contribution >= 4 is 50.1 Å².